The van der Waals surface area contributed by atoms with Gasteiger partial charge in [-0.15, -0.1) is 0 Å². The van der Waals surface area contributed by atoms with Gasteiger partial charge in [0, 0.05) is 13.0 Å². The summed E-state index contributed by atoms with van der Waals surface area (Å²) in [5.41, 5.74) is 0. The molecule has 0 amide bonds. The maximum atomic E-state index is 11.9. The Labute approximate surface area is 268 Å². The molecule has 0 unspecified atom stereocenters. The molecule has 0 aliphatic rings. The van der Waals surface area contributed by atoms with E-state index in [0.29, 0.717) is 19.6 Å². The maximum Gasteiger partial charge on any atom is 0.305 e. The van der Waals surface area contributed by atoms with Gasteiger partial charge >= 0.3 is 5.97 Å². The predicted molar refractivity (Wildman–Crippen MR) is 191 cm³/mol. The smallest absolute Gasteiger partial charge is 0.305 e. The van der Waals surface area contributed by atoms with E-state index < -0.39 is 0 Å². The summed E-state index contributed by atoms with van der Waals surface area (Å²) in [4.78, 5) is 11.9. The van der Waals surface area contributed by atoms with E-state index in [0.717, 1.165) is 12.8 Å². The second-order valence-electron chi connectivity index (χ2n) is 11.8. The molecule has 0 aliphatic heterocycles. The van der Waals surface area contributed by atoms with Gasteiger partial charge in [0.1, 0.15) is 6.61 Å². The van der Waals surface area contributed by atoms with Crippen molar-refractivity contribution in [3.8, 4) is 0 Å². The van der Waals surface area contributed by atoms with Crippen molar-refractivity contribution in [3.63, 3.8) is 0 Å². The molecule has 43 heavy (non-hydrogen) atoms. The number of hydrogen-bond acceptors (Lipinski definition) is 3. The summed E-state index contributed by atoms with van der Waals surface area (Å²) >= 11 is 0. The minimum atomic E-state index is -0.0726. The number of carbonyl (C=O) groups is 1. The molecule has 0 aromatic rings. The summed E-state index contributed by atoms with van der Waals surface area (Å²) < 4.78 is 5.31. The van der Waals surface area contributed by atoms with E-state index in [-0.39, 0.29) is 5.97 Å². The predicted octanol–water partition coefficient (Wildman–Crippen LogP) is 12.4. The Hall–Kier alpha value is -2.29. The Balaban J connectivity index is 3.49. The van der Waals surface area contributed by atoms with Crippen LogP contribution in [0.2, 0.25) is 0 Å². The Kier molecular flexibility index (Phi) is 35.7. The quantitative estimate of drug-likeness (QED) is 0.0477. The van der Waals surface area contributed by atoms with Gasteiger partial charge in [-0.3, -0.25) is 4.79 Å². The molecule has 0 saturated carbocycles. The highest BCUT2D eigenvalue weighted by Gasteiger charge is 2.02. The molecule has 0 saturated heterocycles. The fraction of sp³-hybridized carbons (Fsp3) is 0.675. The molecule has 0 aliphatic carbocycles. The highest BCUT2D eigenvalue weighted by molar-refractivity contribution is 5.69. The molecule has 0 fully saturated rings. The van der Waals surface area contributed by atoms with Crippen molar-refractivity contribution < 1.29 is 9.53 Å². The SMILES string of the molecule is CCCCCCCCCCC=CC=CC=CC=CC=CC=CNCCOC(=O)CCCCCCCCCCCCCCC. The molecule has 0 atom stereocenters. The van der Waals surface area contributed by atoms with Crippen molar-refractivity contribution >= 4 is 5.97 Å². The van der Waals surface area contributed by atoms with E-state index in [1.165, 1.54) is 128 Å². The van der Waals surface area contributed by atoms with Gasteiger partial charge in [-0.25, -0.2) is 0 Å². The molecule has 0 bridgehead atoms. The molecular weight excluding hydrogens is 526 g/mol. The lowest BCUT2D eigenvalue weighted by atomic mass is 10.0. The maximum absolute atomic E-state index is 11.9. The number of carbonyl (C=O) groups excluding carboxylic acids is 1. The number of unbranched alkanes of at least 4 members (excludes halogenated alkanes) is 20. The molecule has 0 aromatic carbocycles. The van der Waals surface area contributed by atoms with Crippen molar-refractivity contribution in [2.24, 2.45) is 0 Å². The first-order chi connectivity index (χ1) is 21.3. The molecule has 0 rings (SSSR count). The van der Waals surface area contributed by atoms with Gasteiger partial charge < -0.3 is 10.1 Å². The fourth-order valence-electron chi connectivity index (χ4n) is 4.87. The summed E-state index contributed by atoms with van der Waals surface area (Å²) in [5.74, 6) is -0.0726. The van der Waals surface area contributed by atoms with E-state index >= 15 is 0 Å². The highest BCUT2D eigenvalue weighted by Crippen LogP contribution is 2.13. The van der Waals surface area contributed by atoms with E-state index in [2.05, 4.69) is 43.5 Å². The van der Waals surface area contributed by atoms with Gasteiger partial charge in [0.2, 0.25) is 0 Å². The van der Waals surface area contributed by atoms with Gasteiger partial charge in [0.05, 0.1) is 0 Å². The fourth-order valence-corrected chi connectivity index (χ4v) is 4.87. The van der Waals surface area contributed by atoms with Gasteiger partial charge in [0.15, 0.2) is 0 Å². The van der Waals surface area contributed by atoms with Gasteiger partial charge in [0.25, 0.3) is 0 Å². The topological polar surface area (TPSA) is 38.3 Å². The van der Waals surface area contributed by atoms with Crippen LogP contribution in [0, 0.1) is 0 Å². The average Bonchev–Trinajstić information content (AvgIpc) is 3.01. The average molecular weight is 596 g/mol. The van der Waals surface area contributed by atoms with Crippen LogP contribution in [0.15, 0.2) is 73.0 Å². The lowest BCUT2D eigenvalue weighted by Crippen LogP contribution is -2.16. The van der Waals surface area contributed by atoms with E-state index in [1.54, 1.807) is 0 Å². The largest absolute Gasteiger partial charge is 0.464 e. The zero-order valence-corrected chi connectivity index (χ0v) is 28.4. The summed E-state index contributed by atoms with van der Waals surface area (Å²) in [6.45, 7) is 5.59. The van der Waals surface area contributed by atoms with Gasteiger partial charge in [-0.05, 0) is 31.5 Å². The summed E-state index contributed by atoms with van der Waals surface area (Å²) in [5, 5.41) is 3.15. The normalized spacial score (nSPS) is 12.4. The van der Waals surface area contributed by atoms with Crippen LogP contribution in [0.25, 0.3) is 0 Å². The standard InChI is InChI=1S/C40H69NO2/c1-3-5-7-9-11-13-15-17-18-19-20-21-22-23-25-27-29-31-33-35-37-41-38-39-43-40(42)36-34-32-30-28-26-24-16-14-12-10-8-6-4-2/h19-23,25,27,29,31,33,35,37,41H,3-18,24,26,28,30,32,34,36,38-39H2,1-2H3. The molecular formula is C40H69NO2. The minimum absolute atomic E-state index is 0.0726. The van der Waals surface area contributed by atoms with E-state index in [9.17, 15) is 4.79 Å². The summed E-state index contributed by atoms with van der Waals surface area (Å²) in [7, 11) is 0. The van der Waals surface area contributed by atoms with Crippen LogP contribution in [-0.4, -0.2) is 19.1 Å². The molecule has 3 heteroatoms. The van der Waals surface area contributed by atoms with Crippen LogP contribution in [0.5, 0.6) is 0 Å². The van der Waals surface area contributed by atoms with Crippen LogP contribution in [0.1, 0.15) is 162 Å². The molecule has 0 spiro atoms. The number of esters is 1. The van der Waals surface area contributed by atoms with Crippen LogP contribution >= 0.6 is 0 Å². The van der Waals surface area contributed by atoms with Crippen LogP contribution in [-0.2, 0) is 9.53 Å². The first-order valence-electron chi connectivity index (χ1n) is 18.2. The second-order valence-corrected chi connectivity index (χ2v) is 11.8. The minimum Gasteiger partial charge on any atom is -0.464 e. The Morgan fingerprint density at radius 3 is 1.37 bits per heavy atom. The van der Waals surface area contributed by atoms with Crippen LogP contribution in [0.3, 0.4) is 0 Å². The molecule has 3 nitrogen and oxygen atoms in total. The molecule has 246 valence electrons. The lowest BCUT2D eigenvalue weighted by molar-refractivity contribution is -0.143. The number of rotatable bonds is 32. The molecule has 1 N–H and O–H groups in total. The van der Waals surface area contributed by atoms with Gasteiger partial charge in [-0.2, -0.15) is 0 Å². The Morgan fingerprint density at radius 1 is 0.488 bits per heavy atom. The number of nitrogens with one attached hydrogen (secondary N) is 1. The van der Waals surface area contributed by atoms with Crippen LogP contribution < -0.4 is 5.32 Å². The van der Waals surface area contributed by atoms with Crippen molar-refractivity contribution in [3.05, 3.63) is 73.0 Å². The van der Waals surface area contributed by atoms with Crippen molar-refractivity contribution in [2.45, 2.75) is 162 Å². The zero-order chi connectivity index (χ0) is 31.2. The van der Waals surface area contributed by atoms with E-state index in [1.807, 2.05) is 48.7 Å². The molecule has 0 radical (unpaired) electrons. The Morgan fingerprint density at radius 2 is 0.884 bits per heavy atom. The third-order valence-corrected chi connectivity index (χ3v) is 7.57. The van der Waals surface area contributed by atoms with Crippen molar-refractivity contribution in [1.29, 1.82) is 0 Å². The number of ether oxygens (including phenoxy) is 1. The number of hydrogen-bond donors (Lipinski definition) is 1. The van der Waals surface area contributed by atoms with Crippen molar-refractivity contribution in [1.82, 2.24) is 5.32 Å². The number of allylic oxidation sites excluding steroid dienone is 11. The van der Waals surface area contributed by atoms with E-state index in [4.69, 9.17) is 4.74 Å². The lowest BCUT2D eigenvalue weighted by Gasteiger charge is -2.05. The molecule has 0 heterocycles. The monoisotopic (exact) mass is 596 g/mol. The zero-order valence-electron chi connectivity index (χ0n) is 28.4. The van der Waals surface area contributed by atoms with Crippen LogP contribution in [0.4, 0.5) is 0 Å². The first-order valence-corrected chi connectivity index (χ1v) is 18.2. The Bertz CT molecular complexity index is 744. The highest BCUT2D eigenvalue weighted by atomic mass is 16.5. The third-order valence-electron chi connectivity index (χ3n) is 7.57. The first kappa shape index (κ1) is 40.7. The van der Waals surface area contributed by atoms with Gasteiger partial charge in [-0.1, -0.05) is 197 Å². The third kappa shape index (κ3) is 37.7. The second kappa shape index (κ2) is 37.7. The summed E-state index contributed by atoms with van der Waals surface area (Å²) in [6.07, 6.45) is 54.3. The summed E-state index contributed by atoms with van der Waals surface area (Å²) in [6, 6.07) is 0. The molecule has 0 aromatic heterocycles. The van der Waals surface area contributed by atoms with Crippen molar-refractivity contribution in [2.75, 3.05) is 13.2 Å².